The van der Waals surface area contributed by atoms with E-state index in [1.54, 1.807) is 0 Å². The Labute approximate surface area is 160 Å². The van der Waals surface area contributed by atoms with E-state index in [-0.39, 0.29) is 11.2 Å². The Balaban J connectivity index is 1.25. The number of guanidine groups is 1. The zero-order chi connectivity index (χ0) is 18.4. The van der Waals surface area contributed by atoms with Crippen molar-refractivity contribution in [3.05, 3.63) is 30.1 Å². The van der Waals surface area contributed by atoms with Crippen LogP contribution in [-0.4, -0.2) is 55.8 Å². The highest BCUT2D eigenvalue weighted by molar-refractivity contribution is 5.79. The second-order valence-corrected chi connectivity index (χ2v) is 8.57. The van der Waals surface area contributed by atoms with E-state index in [1.165, 1.54) is 37.8 Å². The molecule has 27 heavy (non-hydrogen) atoms. The van der Waals surface area contributed by atoms with Crippen molar-refractivity contribution in [2.45, 2.75) is 44.2 Å². The van der Waals surface area contributed by atoms with Crippen LogP contribution in [0.1, 0.15) is 32.1 Å². The van der Waals surface area contributed by atoms with E-state index in [2.05, 4.69) is 9.80 Å². The standard InChI is InChI=1S/C21H29FN4O/c22-15-3-5-16(6-4-15)25-10-12-26(13-11-25)20(23)24-18-17-7-14-27-19(17)21(18)8-1-2-9-21/h3-6,17-19H,1-2,7-14H2,(H2,23,24). The minimum atomic E-state index is -0.190. The number of benzene rings is 1. The van der Waals surface area contributed by atoms with Crippen molar-refractivity contribution in [3.8, 4) is 0 Å². The number of nitrogens with two attached hydrogens (primary N) is 1. The minimum Gasteiger partial charge on any atom is -0.377 e. The topological polar surface area (TPSA) is 54.1 Å². The van der Waals surface area contributed by atoms with Crippen molar-refractivity contribution in [1.82, 2.24) is 4.90 Å². The second kappa shape index (κ2) is 6.66. The molecule has 0 aromatic heterocycles. The third-order valence-corrected chi connectivity index (χ3v) is 7.30. The van der Waals surface area contributed by atoms with Gasteiger partial charge in [0, 0.05) is 49.8 Å². The predicted octanol–water partition coefficient (Wildman–Crippen LogP) is 2.61. The van der Waals surface area contributed by atoms with Crippen molar-refractivity contribution >= 4 is 11.6 Å². The van der Waals surface area contributed by atoms with Crippen molar-refractivity contribution in [1.29, 1.82) is 0 Å². The van der Waals surface area contributed by atoms with Crippen LogP contribution in [0, 0.1) is 17.2 Å². The Bertz CT molecular complexity index is 707. The van der Waals surface area contributed by atoms with E-state index in [0.717, 1.165) is 44.9 Å². The number of hydrogen-bond acceptors (Lipinski definition) is 3. The molecule has 0 bridgehead atoms. The van der Waals surface area contributed by atoms with Crippen LogP contribution >= 0.6 is 0 Å². The maximum absolute atomic E-state index is 13.1. The molecule has 2 saturated heterocycles. The van der Waals surface area contributed by atoms with Gasteiger partial charge in [-0.1, -0.05) is 12.8 Å². The maximum atomic E-state index is 13.1. The first-order valence-corrected chi connectivity index (χ1v) is 10.4. The summed E-state index contributed by atoms with van der Waals surface area (Å²) in [6.45, 7) is 4.37. The lowest BCUT2D eigenvalue weighted by Gasteiger charge is -2.55. The normalized spacial score (nSPS) is 32.6. The van der Waals surface area contributed by atoms with Gasteiger partial charge in [-0.05, 0) is 43.5 Å². The van der Waals surface area contributed by atoms with Crippen LogP contribution in [0.3, 0.4) is 0 Å². The summed E-state index contributed by atoms with van der Waals surface area (Å²) in [6, 6.07) is 7.09. The van der Waals surface area contributed by atoms with E-state index >= 15 is 0 Å². The number of anilines is 1. The lowest BCUT2D eigenvalue weighted by Crippen LogP contribution is -2.62. The molecule has 6 heteroatoms. The highest BCUT2D eigenvalue weighted by atomic mass is 19.1. The van der Waals surface area contributed by atoms with E-state index < -0.39 is 0 Å². The summed E-state index contributed by atoms with van der Waals surface area (Å²) < 4.78 is 19.2. The highest BCUT2D eigenvalue weighted by Crippen LogP contribution is 2.62. The summed E-state index contributed by atoms with van der Waals surface area (Å²) in [5.41, 5.74) is 7.80. The van der Waals surface area contributed by atoms with Crippen molar-refractivity contribution in [2.75, 3.05) is 37.7 Å². The maximum Gasteiger partial charge on any atom is 0.191 e. The summed E-state index contributed by atoms with van der Waals surface area (Å²) >= 11 is 0. The molecule has 1 spiro atoms. The molecule has 5 rings (SSSR count). The number of nitrogens with zero attached hydrogens (tertiary/aromatic N) is 3. The van der Waals surface area contributed by atoms with Crippen LogP contribution in [0.4, 0.5) is 10.1 Å². The molecule has 2 heterocycles. The number of ether oxygens (including phenoxy) is 1. The fourth-order valence-electron chi connectivity index (χ4n) is 5.91. The minimum absolute atomic E-state index is 0.190. The number of hydrogen-bond donors (Lipinski definition) is 1. The fraction of sp³-hybridized carbons (Fsp3) is 0.667. The average molecular weight is 372 g/mol. The van der Waals surface area contributed by atoms with E-state index in [1.807, 2.05) is 12.1 Å². The van der Waals surface area contributed by atoms with Gasteiger partial charge in [0.05, 0.1) is 12.1 Å². The molecule has 146 valence electrons. The molecule has 0 amide bonds. The molecule has 4 fully saturated rings. The highest BCUT2D eigenvalue weighted by Gasteiger charge is 2.65. The van der Waals surface area contributed by atoms with Crippen LogP contribution < -0.4 is 10.6 Å². The molecular weight excluding hydrogens is 343 g/mol. The molecule has 5 nitrogen and oxygen atoms in total. The monoisotopic (exact) mass is 372 g/mol. The number of aliphatic imine (C=N–C) groups is 1. The third-order valence-electron chi connectivity index (χ3n) is 7.30. The zero-order valence-corrected chi connectivity index (χ0v) is 15.8. The summed E-state index contributed by atoms with van der Waals surface area (Å²) in [5.74, 6) is 1.09. The van der Waals surface area contributed by atoms with Gasteiger partial charge in [0.25, 0.3) is 0 Å². The van der Waals surface area contributed by atoms with Gasteiger partial charge < -0.3 is 20.3 Å². The molecule has 4 aliphatic rings. The molecule has 3 unspecified atom stereocenters. The van der Waals surface area contributed by atoms with Gasteiger partial charge in [-0.15, -0.1) is 0 Å². The molecule has 2 aliphatic carbocycles. The van der Waals surface area contributed by atoms with Crippen LogP contribution in [0.15, 0.2) is 29.3 Å². The predicted molar refractivity (Wildman–Crippen MR) is 104 cm³/mol. The number of piperazine rings is 1. The number of fused-ring (bicyclic) bond motifs is 2. The van der Waals surface area contributed by atoms with Gasteiger partial charge in [0.15, 0.2) is 5.96 Å². The summed E-state index contributed by atoms with van der Waals surface area (Å²) in [7, 11) is 0. The first kappa shape index (κ1) is 17.3. The van der Waals surface area contributed by atoms with Crippen molar-refractivity contribution in [2.24, 2.45) is 22.1 Å². The molecular formula is C21H29FN4O. The van der Waals surface area contributed by atoms with Gasteiger partial charge in [-0.3, -0.25) is 0 Å². The lowest BCUT2D eigenvalue weighted by molar-refractivity contribution is -0.117. The average Bonchev–Trinajstić information content (AvgIpc) is 3.36. The van der Waals surface area contributed by atoms with Gasteiger partial charge in [0.1, 0.15) is 5.82 Å². The van der Waals surface area contributed by atoms with Gasteiger partial charge >= 0.3 is 0 Å². The summed E-state index contributed by atoms with van der Waals surface area (Å²) in [5, 5.41) is 0. The van der Waals surface area contributed by atoms with Crippen LogP contribution in [-0.2, 0) is 4.74 Å². The third kappa shape index (κ3) is 2.80. The molecule has 2 N–H and O–H groups in total. The van der Waals surface area contributed by atoms with Crippen molar-refractivity contribution < 1.29 is 9.13 Å². The van der Waals surface area contributed by atoms with Crippen LogP contribution in [0.25, 0.3) is 0 Å². The number of rotatable bonds is 2. The largest absolute Gasteiger partial charge is 0.377 e. The molecule has 1 aromatic carbocycles. The van der Waals surface area contributed by atoms with Crippen LogP contribution in [0.5, 0.6) is 0 Å². The van der Waals surface area contributed by atoms with Crippen molar-refractivity contribution in [3.63, 3.8) is 0 Å². The smallest absolute Gasteiger partial charge is 0.191 e. The molecule has 1 aromatic rings. The zero-order valence-electron chi connectivity index (χ0n) is 15.8. The van der Waals surface area contributed by atoms with E-state index in [9.17, 15) is 4.39 Å². The van der Waals surface area contributed by atoms with Gasteiger partial charge in [0.2, 0.25) is 0 Å². The molecule has 3 atom stereocenters. The second-order valence-electron chi connectivity index (χ2n) is 8.57. The Morgan fingerprint density at radius 1 is 1.11 bits per heavy atom. The Morgan fingerprint density at radius 2 is 1.81 bits per heavy atom. The quantitative estimate of drug-likeness (QED) is 0.640. The first-order chi connectivity index (χ1) is 13.2. The van der Waals surface area contributed by atoms with Gasteiger partial charge in [-0.25, -0.2) is 9.38 Å². The summed E-state index contributed by atoms with van der Waals surface area (Å²) in [6.07, 6.45) is 6.65. The van der Waals surface area contributed by atoms with E-state index in [0.29, 0.717) is 24.0 Å². The van der Waals surface area contributed by atoms with E-state index in [4.69, 9.17) is 15.5 Å². The Morgan fingerprint density at radius 3 is 2.52 bits per heavy atom. The molecule has 0 radical (unpaired) electrons. The summed E-state index contributed by atoms with van der Waals surface area (Å²) in [4.78, 5) is 9.56. The number of halogens is 1. The van der Waals surface area contributed by atoms with Gasteiger partial charge in [-0.2, -0.15) is 0 Å². The fourth-order valence-corrected chi connectivity index (χ4v) is 5.91. The Hall–Kier alpha value is -1.82. The van der Waals surface area contributed by atoms with Crippen LogP contribution in [0.2, 0.25) is 0 Å². The molecule has 2 aliphatic heterocycles. The SMILES string of the molecule is NC(=NC1C2CCOC2C12CCCC2)N1CCN(c2ccc(F)cc2)CC1. The Kier molecular flexibility index (Phi) is 4.26. The lowest BCUT2D eigenvalue weighted by atomic mass is 9.54. The molecule has 2 saturated carbocycles. The first-order valence-electron chi connectivity index (χ1n) is 10.4.